The van der Waals surface area contributed by atoms with Crippen LogP contribution in [0, 0.1) is 17.1 Å². The van der Waals surface area contributed by atoms with Crippen LogP contribution >= 0.6 is 0 Å². The van der Waals surface area contributed by atoms with E-state index in [1.807, 2.05) is 13.0 Å². The summed E-state index contributed by atoms with van der Waals surface area (Å²) in [7, 11) is 0. The second kappa shape index (κ2) is 5.62. The molecule has 0 amide bonds. The fourth-order valence-electron chi connectivity index (χ4n) is 1.23. The largest absolute Gasteiger partial charge is 0.265 e. The van der Waals surface area contributed by atoms with Crippen molar-refractivity contribution in [3.63, 3.8) is 0 Å². The van der Waals surface area contributed by atoms with Gasteiger partial charge in [0.1, 0.15) is 11.9 Å². The van der Waals surface area contributed by atoms with Gasteiger partial charge in [-0.3, -0.25) is 4.99 Å². The highest BCUT2D eigenvalue weighted by molar-refractivity contribution is 6.09. The highest BCUT2D eigenvalue weighted by Gasteiger charge is 2.04. The summed E-state index contributed by atoms with van der Waals surface area (Å²) in [6.45, 7) is 5.30. The zero-order chi connectivity index (χ0) is 12.0. The summed E-state index contributed by atoms with van der Waals surface area (Å²) in [6, 6.07) is 6.24. The van der Waals surface area contributed by atoms with E-state index < -0.39 is 5.82 Å². The minimum atomic E-state index is -0.522. The van der Waals surface area contributed by atoms with Crippen LogP contribution in [-0.2, 0) is 0 Å². The Bertz CT molecular complexity index is 493. The number of hydrogen-bond donors (Lipinski definition) is 0. The molecule has 0 unspecified atom stereocenters. The monoisotopic (exact) mass is 214 g/mol. The van der Waals surface area contributed by atoms with Gasteiger partial charge in [0.2, 0.25) is 0 Å². The predicted molar refractivity (Wildman–Crippen MR) is 63.5 cm³/mol. The first-order chi connectivity index (χ1) is 7.72. The fourth-order valence-corrected chi connectivity index (χ4v) is 1.23. The van der Waals surface area contributed by atoms with Crippen molar-refractivity contribution in [3.05, 3.63) is 54.0 Å². The SMILES string of the molecule is C=C/N=C\C(=C/C)c1ccc(C#N)c(F)c1. The van der Waals surface area contributed by atoms with Crippen molar-refractivity contribution in [3.8, 4) is 6.07 Å². The molecular weight excluding hydrogens is 203 g/mol. The average molecular weight is 214 g/mol. The first-order valence-electron chi connectivity index (χ1n) is 4.73. The summed E-state index contributed by atoms with van der Waals surface area (Å²) in [5.74, 6) is -0.522. The van der Waals surface area contributed by atoms with E-state index in [1.54, 1.807) is 18.4 Å². The molecule has 0 spiro atoms. The maximum Gasteiger partial charge on any atom is 0.141 e. The van der Waals surface area contributed by atoms with Crippen molar-refractivity contribution in [2.24, 2.45) is 4.99 Å². The number of nitrogens with zero attached hydrogens (tertiary/aromatic N) is 2. The van der Waals surface area contributed by atoms with Gasteiger partial charge in [0.15, 0.2) is 0 Å². The molecule has 0 heterocycles. The van der Waals surface area contributed by atoms with Gasteiger partial charge in [0, 0.05) is 12.4 Å². The van der Waals surface area contributed by atoms with Crippen molar-refractivity contribution in [1.82, 2.24) is 0 Å². The molecule has 1 aromatic rings. The molecule has 0 fully saturated rings. The summed E-state index contributed by atoms with van der Waals surface area (Å²) < 4.78 is 13.4. The van der Waals surface area contributed by atoms with Crippen LogP contribution in [-0.4, -0.2) is 6.21 Å². The van der Waals surface area contributed by atoms with Crippen LogP contribution in [0.15, 0.2) is 42.0 Å². The third kappa shape index (κ3) is 2.64. The Kier molecular flexibility index (Phi) is 4.16. The number of nitriles is 1. The molecule has 2 nitrogen and oxygen atoms in total. The van der Waals surface area contributed by atoms with E-state index in [9.17, 15) is 4.39 Å². The Balaban J connectivity index is 3.14. The van der Waals surface area contributed by atoms with E-state index in [1.165, 1.54) is 18.3 Å². The number of halogens is 1. The molecule has 0 atom stereocenters. The molecule has 16 heavy (non-hydrogen) atoms. The normalized spacial score (nSPS) is 11.4. The van der Waals surface area contributed by atoms with E-state index >= 15 is 0 Å². The van der Waals surface area contributed by atoms with E-state index in [0.717, 1.165) is 5.57 Å². The molecule has 0 N–H and O–H groups in total. The smallest absolute Gasteiger partial charge is 0.141 e. The molecule has 0 aromatic heterocycles. The minimum absolute atomic E-state index is 0.0415. The van der Waals surface area contributed by atoms with Crippen molar-refractivity contribution in [2.75, 3.05) is 0 Å². The van der Waals surface area contributed by atoms with Crippen LogP contribution in [0.2, 0.25) is 0 Å². The molecule has 1 rings (SSSR count). The van der Waals surface area contributed by atoms with Gasteiger partial charge >= 0.3 is 0 Å². The second-order valence-electron chi connectivity index (χ2n) is 3.01. The Hall–Kier alpha value is -2.21. The summed E-state index contributed by atoms with van der Waals surface area (Å²) >= 11 is 0. The summed E-state index contributed by atoms with van der Waals surface area (Å²) in [5, 5.41) is 8.60. The zero-order valence-corrected chi connectivity index (χ0v) is 8.94. The van der Waals surface area contributed by atoms with Gasteiger partial charge in [-0.15, -0.1) is 0 Å². The summed E-state index contributed by atoms with van der Waals surface area (Å²) in [6.07, 6.45) is 4.81. The van der Waals surface area contributed by atoms with E-state index in [2.05, 4.69) is 11.6 Å². The summed E-state index contributed by atoms with van der Waals surface area (Å²) in [5.41, 5.74) is 1.51. The maximum atomic E-state index is 13.4. The molecule has 0 aliphatic rings. The highest BCUT2D eigenvalue weighted by atomic mass is 19.1. The van der Waals surface area contributed by atoms with Crippen molar-refractivity contribution in [1.29, 1.82) is 5.26 Å². The predicted octanol–water partition coefficient (Wildman–Crippen LogP) is 3.31. The molecule has 0 radical (unpaired) electrons. The van der Waals surface area contributed by atoms with Crippen LogP contribution in [0.3, 0.4) is 0 Å². The van der Waals surface area contributed by atoms with Crippen molar-refractivity contribution >= 4 is 11.8 Å². The first kappa shape index (κ1) is 11.9. The van der Waals surface area contributed by atoms with E-state index in [0.29, 0.717) is 5.56 Å². The van der Waals surface area contributed by atoms with E-state index in [-0.39, 0.29) is 5.56 Å². The third-order valence-corrected chi connectivity index (χ3v) is 2.05. The van der Waals surface area contributed by atoms with Gasteiger partial charge in [-0.05, 0) is 30.2 Å². The van der Waals surface area contributed by atoms with Gasteiger partial charge in [-0.2, -0.15) is 5.26 Å². The zero-order valence-electron chi connectivity index (χ0n) is 8.94. The number of aliphatic imine (C=N–C) groups is 1. The maximum absolute atomic E-state index is 13.4. The lowest BCUT2D eigenvalue weighted by atomic mass is 10.0. The van der Waals surface area contributed by atoms with Crippen molar-refractivity contribution < 1.29 is 4.39 Å². The molecule has 0 aliphatic heterocycles. The number of hydrogen-bond acceptors (Lipinski definition) is 2. The van der Waals surface area contributed by atoms with Crippen LogP contribution in [0.5, 0.6) is 0 Å². The second-order valence-corrected chi connectivity index (χ2v) is 3.01. The van der Waals surface area contributed by atoms with Gasteiger partial charge in [0.05, 0.1) is 5.56 Å². The molecule has 0 saturated carbocycles. The summed E-state index contributed by atoms with van der Waals surface area (Å²) in [4.78, 5) is 3.87. The quantitative estimate of drug-likeness (QED) is 0.711. The van der Waals surface area contributed by atoms with Crippen LogP contribution in [0.1, 0.15) is 18.1 Å². The lowest BCUT2D eigenvalue weighted by Crippen LogP contribution is -1.90. The molecule has 0 aliphatic carbocycles. The van der Waals surface area contributed by atoms with Crippen LogP contribution in [0.25, 0.3) is 5.57 Å². The Morgan fingerprint density at radius 1 is 1.56 bits per heavy atom. The average Bonchev–Trinajstić information content (AvgIpc) is 2.30. The fraction of sp³-hybridized carbons (Fsp3) is 0.0769. The lowest BCUT2D eigenvalue weighted by molar-refractivity contribution is 0.623. The topological polar surface area (TPSA) is 36.1 Å². The van der Waals surface area contributed by atoms with Crippen LogP contribution < -0.4 is 0 Å². The van der Waals surface area contributed by atoms with Gasteiger partial charge in [-0.25, -0.2) is 4.39 Å². The minimum Gasteiger partial charge on any atom is -0.265 e. The Morgan fingerprint density at radius 2 is 2.31 bits per heavy atom. The number of rotatable bonds is 3. The Labute approximate surface area is 94.1 Å². The highest BCUT2D eigenvalue weighted by Crippen LogP contribution is 2.16. The first-order valence-corrected chi connectivity index (χ1v) is 4.73. The molecule has 0 saturated heterocycles. The molecule has 1 aromatic carbocycles. The number of benzene rings is 1. The lowest BCUT2D eigenvalue weighted by Gasteiger charge is -2.02. The number of allylic oxidation sites excluding steroid dienone is 2. The van der Waals surface area contributed by atoms with E-state index in [4.69, 9.17) is 5.26 Å². The van der Waals surface area contributed by atoms with Gasteiger partial charge in [-0.1, -0.05) is 18.7 Å². The van der Waals surface area contributed by atoms with Crippen LogP contribution in [0.4, 0.5) is 4.39 Å². The van der Waals surface area contributed by atoms with Gasteiger partial charge in [0.25, 0.3) is 0 Å². The third-order valence-electron chi connectivity index (χ3n) is 2.05. The van der Waals surface area contributed by atoms with Crippen molar-refractivity contribution in [2.45, 2.75) is 6.92 Å². The standard InChI is InChI=1S/C13H11FN2/c1-3-10(9-16-4-2)11-5-6-12(8-15)13(14)7-11/h3-7,9H,2H2,1H3/b10-3+,16-9-. The van der Waals surface area contributed by atoms with Gasteiger partial charge < -0.3 is 0 Å². The molecule has 0 bridgehead atoms. The molecule has 3 heteroatoms. The Morgan fingerprint density at radius 3 is 2.81 bits per heavy atom. The molecule has 80 valence electrons. The molecular formula is C13H11FN2.